The summed E-state index contributed by atoms with van der Waals surface area (Å²) in [6.07, 6.45) is 1.14. The van der Waals surface area contributed by atoms with E-state index < -0.39 is 6.04 Å². The van der Waals surface area contributed by atoms with Crippen molar-refractivity contribution in [3.05, 3.63) is 59.7 Å². The van der Waals surface area contributed by atoms with E-state index in [0.717, 1.165) is 12.1 Å². The largest absolute Gasteiger partial charge is 0.384 e. The van der Waals surface area contributed by atoms with Crippen molar-refractivity contribution in [2.24, 2.45) is 0 Å². The Morgan fingerprint density at radius 2 is 1.69 bits per heavy atom. The van der Waals surface area contributed by atoms with E-state index in [-0.39, 0.29) is 18.2 Å². The van der Waals surface area contributed by atoms with E-state index in [4.69, 9.17) is 0 Å². The average Bonchev–Trinajstić information content (AvgIpc) is 2.94. The molecule has 0 spiro atoms. The summed E-state index contributed by atoms with van der Waals surface area (Å²) in [6, 6.07) is 15.3. The summed E-state index contributed by atoms with van der Waals surface area (Å²) in [5.41, 5.74) is 4.10. The van der Waals surface area contributed by atoms with Gasteiger partial charge in [0.1, 0.15) is 0 Å². The third kappa shape index (κ3) is 4.11. The number of amides is 2. The second-order valence-electron chi connectivity index (χ2n) is 6.59. The van der Waals surface area contributed by atoms with Crippen LogP contribution in [-0.2, 0) is 16.0 Å². The van der Waals surface area contributed by atoms with Crippen LogP contribution < -0.4 is 15.5 Å². The molecule has 26 heavy (non-hydrogen) atoms. The summed E-state index contributed by atoms with van der Waals surface area (Å²) >= 11 is 0. The fraction of sp³-hybridized carbons (Fsp3) is 0.333. The van der Waals surface area contributed by atoms with Crippen LogP contribution in [0.5, 0.6) is 0 Å². The van der Waals surface area contributed by atoms with Crippen molar-refractivity contribution in [1.29, 1.82) is 0 Å². The van der Waals surface area contributed by atoms with Gasteiger partial charge in [0.05, 0.1) is 18.2 Å². The Bertz CT molecular complexity index is 769. The number of hydrogen-bond donors (Lipinski definition) is 2. The van der Waals surface area contributed by atoms with E-state index in [1.807, 2.05) is 36.4 Å². The van der Waals surface area contributed by atoms with Gasteiger partial charge in [0.15, 0.2) is 0 Å². The minimum atomic E-state index is -0.451. The van der Waals surface area contributed by atoms with Crippen LogP contribution in [0.3, 0.4) is 0 Å². The van der Waals surface area contributed by atoms with Gasteiger partial charge in [0.25, 0.3) is 5.91 Å². The van der Waals surface area contributed by atoms with E-state index in [1.54, 1.807) is 0 Å². The van der Waals surface area contributed by atoms with Crippen molar-refractivity contribution in [3.8, 4) is 0 Å². The Morgan fingerprint density at radius 3 is 2.35 bits per heavy atom. The topological polar surface area (TPSA) is 61.4 Å². The molecular formula is C21H25N3O2. The van der Waals surface area contributed by atoms with E-state index in [9.17, 15) is 9.59 Å². The first-order valence-corrected chi connectivity index (χ1v) is 9.08. The maximum atomic E-state index is 12.6. The van der Waals surface area contributed by atoms with Crippen LogP contribution in [0, 0.1) is 6.92 Å². The first kappa shape index (κ1) is 18.1. The van der Waals surface area contributed by atoms with Gasteiger partial charge in [-0.05, 0) is 43.2 Å². The number of nitrogens with one attached hydrogen (secondary N) is 2. The predicted molar refractivity (Wildman–Crippen MR) is 104 cm³/mol. The standard InChI is InChI=1S/C21H25N3O2/c1-3-16-6-10-18(11-7-16)24-20(25)14-19(21(24)26)23-13-12-22-17-8-4-15(2)5-9-17/h4-11,19,22-23H,3,12-14H2,1-2H3/t19-/m0/s1. The minimum Gasteiger partial charge on any atom is -0.384 e. The highest BCUT2D eigenvalue weighted by molar-refractivity contribution is 6.22. The van der Waals surface area contributed by atoms with Crippen LogP contribution in [0.2, 0.25) is 0 Å². The highest BCUT2D eigenvalue weighted by atomic mass is 16.2. The Hall–Kier alpha value is -2.66. The van der Waals surface area contributed by atoms with Gasteiger partial charge in [-0.1, -0.05) is 36.8 Å². The number of imide groups is 1. The lowest BCUT2D eigenvalue weighted by Crippen LogP contribution is -2.40. The average molecular weight is 351 g/mol. The monoisotopic (exact) mass is 351 g/mol. The Labute approximate surface area is 154 Å². The molecule has 2 aromatic carbocycles. The molecule has 0 saturated carbocycles. The molecule has 1 atom stereocenters. The number of hydrogen-bond acceptors (Lipinski definition) is 4. The number of carbonyl (C=O) groups is 2. The normalized spacial score (nSPS) is 17.0. The van der Waals surface area contributed by atoms with Gasteiger partial charge in [-0.3, -0.25) is 9.59 Å². The molecule has 1 fully saturated rings. The molecule has 2 aromatic rings. The van der Waals surface area contributed by atoms with Crippen molar-refractivity contribution < 1.29 is 9.59 Å². The van der Waals surface area contributed by atoms with Crippen LogP contribution in [0.15, 0.2) is 48.5 Å². The minimum absolute atomic E-state index is 0.150. The lowest BCUT2D eigenvalue weighted by Gasteiger charge is -2.16. The fourth-order valence-corrected chi connectivity index (χ4v) is 3.07. The van der Waals surface area contributed by atoms with Crippen molar-refractivity contribution in [2.75, 3.05) is 23.3 Å². The van der Waals surface area contributed by atoms with Crippen molar-refractivity contribution in [2.45, 2.75) is 32.7 Å². The smallest absolute Gasteiger partial charge is 0.251 e. The fourth-order valence-electron chi connectivity index (χ4n) is 3.07. The van der Waals surface area contributed by atoms with E-state index in [1.165, 1.54) is 16.0 Å². The van der Waals surface area contributed by atoms with Gasteiger partial charge >= 0.3 is 0 Å². The molecule has 0 aliphatic carbocycles. The Kier molecular flexibility index (Phi) is 5.68. The molecule has 2 N–H and O–H groups in total. The molecule has 5 heteroatoms. The molecule has 1 aliphatic heterocycles. The van der Waals surface area contributed by atoms with Crippen LogP contribution in [0.4, 0.5) is 11.4 Å². The number of aryl methyl sites for hydroxylation is 2. The zero-order valence-electron chi connectivity index (χ0n) is 15.3. The molecule has 136 valence electrons. The van der Waals surface area contributed by atoms with Crippen molar-refractivity contribution in [3.63, 3.8) is 0 Å². The lowest BCUT2D eigenvalue weighted by atomic mass is 10.1. The lowest BCUT2D eigenvalue weighted by molar-refractivity contribution is -0.121. The molecule has 3 rings (SSSR count). The molecular weight excluding hydrogens is 326 g/mol. The summed E-state index contributed by atoms with van der Waals surface area (Å²) in [4.78, 5) is 26.2. The zero-order chi connectivity index (χ0) is 18.5. The quantitative estimate of drug-likeness (QED) is 0.595. The summed E-state index contributed by atoms with van der Waals surface area (Å²) in [6.45, 7) is 5.42. The first-order chi connectivity index (χ1) is 12.6. The van der Waals surface area contributed by atoms with Gasteiger partial charge in [-0.15, -0.1) is 0 Å². The second kappa shape index (κ2) is 8.15. The summed E-state index contributed by atoms with van der Waals surface area (Å²) in [7, 11) is 0. The number of nitrogens with zero attached hydrogens (tertiary/aromatic N) is 1. The second-order valence-corrected chi connectivity index (χ2v) is 6.59. The molecule has 0 aromatic heterocycles. The molecule has 5 nitrogen and oxygen atoms in total. The SMILES string of the molecule is CCc1ccc(N2C(=O)C[C@H](NCCNc3ccc(C)cc3)C2=O)cc1. The van der Waals surface area contributed by atoms with Gasteiger partial charge in [-0.2, -0.15) is 0 Å². The number of rotatable bonds is 7. The van der Waals surface area contributed by atoms with E-state index in [2.05, 4.69) is 36.6 Å². The van der Waals surface area contributed by atoms with Crippen LogP contribution in [0.25, 0.3) is 0 Å². The van der Waals surface area contributed by atoms with Gasteiger partial charge in [-0.25, -0.2) is 4.90 Å². The highest BCUT2D eigenvalue weighted by Crippen LogP contribution is 2.23. The highest BCUT2D eigenvalue weighted by Gasteiger charge is 2.39. The third-order valence-corrected chi connectivity index (χ3v) is 4.65. The van der Waals surface area contributed by atoms with Crippen LogP contribution in [0.1, 0.15) is 24.5 Å². The van der Waals surface area contributed by atoms with Gasteiger partial charge in [0, 0.05) is 18.8 Å². The molecule has 0 unspecified atom stereocenters. The number of carbonyl (C=O) groups excluding carboxylic acids is 2. The molecule has 1 heterocycles. The maximum Gasteiger partial charge on any atom is 0.251 e. The summed E-state index contributed by atoms with van der Waals surface area (Å²) in [5, 5.41) is 6.50. The molecule has 0 radical (unpaired) electrons. The maximum absolute atomic E-state index is 12.6. The van der Waals surface area contributed by atoms with Gasteiger partial charge < -0.3 is 10.6 Å². The Balaban J connectivity index is 1.52. The third-order valence-electron chi connectivity index (χ3n) is 4.65. The van der Waals surface area contributed by atoms with Crippen LogP contribution in [-0.4, -0.2) is 30.9 Å². The first-order valence-electron chi connectivity index (χ1n) is 9.08. The van der Waals surface area contributed by atoms with Crippen molar-refractivity contribution >= 4 is 23.2 Å². The predicted octanol–water partition coefficient (Wildman–Crippen LogP) is 2.89. The zero-order valence-corrected chi connectivity index (χ0v) is 15.3. The Morgan fingerprint density at radius 1 is 1.00 bits per heavy atom. The van der Waals surface area contributed by atoms with Gasteiger partial charge in [0.2, 0.25) is 5.91 Å². The van der Waals surface area contributed by atoms with Crippen molar-refractivity contribution in [1.82, 2.24) is 5.32 Å². The van der Waals surface area contributed by atoms with E-state index in [0.29, 0.717) is 18.8 Å². The van der Waals surface area contributed by atoms with E-state index >= 15 is 0 Å². The number of anilines is 2. The summed E-state index contributed by atoms with van der Waals surface area (Å²) in [5.74, 6) is -0.321. The summed E-state index contributed by atoms with van der Waals surface area (Å²) < 4.78 is 0. The number of benzene rings is 2. The molecule has 1 saturated heterocycles. The molecule has 0 bridgehead atoms. The molecule has 2 amide bonds. The molecule has 1 aliphatic rings. The van der Waals surface area contributed by atoms with Crippen LogP contribution >= 0.6 is 0 Å².